The number of likely N-dealkylation sites (N-methyl/N-ethyl adjacent to an activating group) is 1. The molecule has 1 saturated heterocycles. The zero-order valence-electron chi connectivity index (χ0n) is 20.1. The molecule has 3 aromatic carbocycles. The molecular weight excluding hydrogens is 426 g/mol. The molecule has 5 rings (SSSR count). The first kappa shape index (κ1) is 22.5. The van der Waals surface area contributed by atoms with E-state index in [0.29, 0.717) is 6.04 Å². The maximum atomic E-state index is 12.8. The predicted octanol–water partition coefficient (Wildman–Crippen LogP) is 5.17. The molecule has 6 heteroatoms. The Morgan fingerprint density at radius 2 is 1.76 bits per heavy atom. The Kier molecular flexibility index (Phi) is 6.09. The topological polar surface area (TPSA) is 62.8 Å². The van der Waals surface area contributed by atoms with Crippen molar-refractivity contribution in [3.63, 3.8) is 0 Å². The maximum Gasteiger partial charge on any atom is 0.319 e. The third-order valence-corrected chi connectivity index (χ3v) is 7.83. The summed E-state index contributed by atoms with van der Waals surface area (Å²) in [5, 5.41) is 8.54. The van der Waals surface area contributed by atoms with Crippen LogP contribution in [-0.2, 0) is 5.41 Å². The average molecular weight is 460 g/mol. The Hall–Kier alpha value is -3.25. The molecule has 0 aromatic heterocycles. The van der Waals surface area contributed by atoms with E-state index in [1.54, 1.807) is 14.2 Å². The number of likely N-dealkylation sites (tertiary alicyclic amines) is 1. The van der Waals surface area contributed by atoms with Crippen LogP contribution in [0.4, 0.5) is 10.5 Å². The van der Waals surface area contributed by atoms with Gasteiger partial charge >= 0.3 is 6.03 Å². The van der Waals surface area contributed by atoms with Crippen molar-refractivity contribution in [1.29, 1.82) is 0 Å². The zero-order chi connectivity index (χ0) is 23.7. The third kappa shape index (κ3) is 4.07. The summed E-state index contributed by atoms with van der Waals surface area (Å²) < 4.78 is 11.0. The minimum absolute atomic E-state index is 0.0707. The third-order valence-electron chi connectivity index (χ3n) is 7.83. The lowest BCUT2D eigenvalue weighted by Gasteiger charge is -2.45. The van der Waals surface area contributed by atoms with Gasteiger partial charge in [-0.15, -0.1) is 0 Å². The van der Waals surface area contributed by atoms with E-state index < -0.39 is 0 Å². The summed E-state index contributed by atoms with van der Waals surface area (Å²) in [5.41, 5.74) is 2.18. The predicted molar refractivity (Wildman–Crippen MR) is 136 cm³/mol. The number of hydrogen-bond donors (Lipinski definition) is 2. The molecule has 3 atom stereocenters. The monoisotopic (exact) mass is 459 g/mol. The van der Waals surface area contributed by atoms with Crippen LogP contribution >= 0.6 is 0 Å². The molecule has 1 heterocycles. The number of amides is 2. The van der Waals surface area contributed by atoms with E-state index in [1.807, 2.05) is 36.4 Å². The molecule has 178 valence electrons. The first-order valence-corrected chi connectivity index (χ1v) is 12.0. The van der Waals surface area contributed by atoms with Crippen molar-refractivity contribution in [2.24, 2.45) is 0 Å². The summed E-state index contributed by atoms with van der Waals surface area (Å²) in [4.78, 5) is 15.3. The minimum atomic E-state index is -0.139. The fourth-order valence-electron chi connectivity index (χ4n) is 6.01. The number of benzene rings is 3. The summed E-state index contributed by atoms with van der Waals surface area (Å²) in [6.07, 6.45) is 4.01. The largest absolute Gasteiger partial charge is 0.493 e. The Labute approximate surface area is 201 Å². The smallest absolute Gasteiger partial charge is 0.319 e. The second-order valence-electron chi connectivity index (χ2n) is 9.60. The van der Waals surface area contributed by atoms with Gasteiger partial charge in [-0.3, -0.25) is 0 Å². The van der Waals surface area contributed by atoms with E-state index in [2.05, 4.69) is 46.8 Å². The molecule has 1 aliphatic heterocycles. The summed E-state index contributed by atoms with van der Waals surface area (Å²) in [6, 6.07) is 20.9. The molecule has 3 aromatic rings. The van der Waals surface area contributed by atoms with E-state index in [1.165, 1.54) is 5.56 Å². The normalized spacial score (nSPS) is 24.4. The van der Waals surface area contributed by atoms with Crippen molar-refractivity contribution in [1.82, 2.24) is 10.2 Å². The summed E-state index contributed by atoms with van der Waals surface area (Å²) in [7, 11) is 5.55. The number of carbonyl (C=O) groups excluding carboxylic acids is 1. The fraction of sp³-hybridized carbons (Fsp3) is 0.393. The van der Waals surface area contributed by atoms with Gasteiger partial charge in [0.15, 0.2) is 11.5 Å². The summed E-state index contributed by atoms with van der Waals surface area (Å²) in [6.45, 7) is 1.05. The van der Waals surface area contributed by atoms with Crippen molar-refractivity contribution >= 4 is 22.5 Å². The van der Waals surface area contributed by atoms with Gasteiger partial charge in [-0.25, -0.2) is 4.79 Å². The van der Waals surface area contributed by atoms with Crippen LogP contribution in [0.1, 0.15) is 31.2 Å². The maximum absolute atomic E-state index is 12.8. The van der Waals surface area contributed by atoms with Gasteiger partial charge in [0.2, 0.25) is 0 Å². The number of nitrogens with one attached hydrogen (secondary N) is 2. The molecule has 1 aliphatic carbocycles. The molecule has 1 saturated carbocycles. The number of nitrogens with zero attached hydrogens (tertiary/aromatic N) is 1. The summed E-state index contributed by atoms with van der Waals surface area (Å²) in [5.74, 6) is 1.53. The van der Waals surface area contributed by atoms with Gasteiger partial charge in [0, 0.05) is 23.2 Å². The van der Waals surface area contributed by atoms with E-state index in [0.717, 1.165) is 60.2 Å². The first-order chi connectivity index (χ1) is 16.5. The lowest BCUT2D eigenvalue weighted by atomic mass is 9.65. The van der Waals surface area contributed by atoms with E-state index >= 15 is 0 Å². The molecule has 2 N–H and O–H groups in total. The van der Waals surface area contributed by atoms with Crippen LogP contribution < -0.4 is 20.1 Å². The number of rotatable bonds is 5. The number of carbonyl (C=O) groups is 1. The van der Waals surface area contributed by atoms with Gasteiger partial charge in [-0.1, -0.05) is 36.4 Å². The van der Waals surface area contributed by atoms with Crippen LogP contribution in [0.5, 0.6) is 11.5 Å². The highest BCUT2D eigenvalue weighted by Crippen LogP contribution is 2.49. The molecule has 2 aliphatic rings. The van der Waals surface area contributed by atoms with E-state index in [9.17, 15) is 4.79 Å². The second kappa shape index (κ2) is 9.18. The summed E-state index contributed by atoms with van der Waals surface area (Å²) >= 11 is 0. The standard InChI is InChI=1S/C28H33N3O3/c1-31-15-14-28(21-9-11-24(33-2)25(17-21)34-3)13-12-23(18-26(28)31)30-27(32)29-22-10-8-19-6-4-5-7-20(19)16-22/h4-11,16-17,23,26H,12-15,18H2,1-3H3,(H2,29,30,32). The van der Waals surface area contributed by atoms with Crippen molar-refractivity contribution in [2.45, 2.75) is 43.2 Å². The van der Waals surface area contributed by atoms with Crippen LogP contribution in [-0.4, -0.2) is 50.8 Å². The molecule has 34 heavy (non-hydrogen) atoms. The molecule has 0 bridgehead atoms. The van der Waals surface area contributed by atoms with Crippen LogP contribution in [0.3, 0.4) is 0 Å². The van der Waals surface area contributed by atoms with Crippen molar-refractivity contribution in [3.05, 3.63) is 66.2 Å². The van der Waals surface area contributed by atoms with Gasteiger partial charge < -0.3 is 25.0 Å². The highest BCUT2D eigenvalue weighted by atomic mass is 16.5. The molecule has 0 spiro atoms. The van der Waals surface area contributed by atoms with Gasteiger partial charge in [-0.05, 0) is 79.9 Å². The zero-order valence-corrected chi connectivity index (χ0v) is 20.1. The Morgan fingerprint density at radius 1 is 0.971 bits per heavy atom. The second-order valence-corrected chi connectivity index (χ2v) is 9.60. The van der Waals surface area contributed by atoms with Gasteiger partial charge in [0.1, 0.15) is 0 Å². The molecule has 0 radical (unpaired) electrons. The molecule has 2 amide bonds. The fourth-order valence-corrected chi connectivity index (χ4v) is 6.01. The molecule has 6 nitrogen and oxygen atoms in total. The van der Waals surface area contributed by atoms with Gasteiger partial charge in [0.05, 0.1) is 14.2 Å². The van der Waals surface area contributed by atoms with Gasteiger partial charge in [-0.2, -0.15) is 0 Å². The SMILES string of the molecule is COc1ccc(C23CCC(NC(=O)Nc4ccc5ccccc5c4)CC2N(C)CC3)cc1OC. The number of fused-ring (bicyclic) bond motifs is 2. The number of anilines is 1. The average Bonchev–Trinajstić information content (AvgIpc) is 3.20. The first-order valence-electron chi connectivity index (χ1n) is 12.0. The lowest BCUT2D eigenvalue weighted by Crippen LogP contribution is -2.52. The Morgan fingerprint density at radius 3 is 2.56 bits per heavy atom. The van der Waals surface area contributed by atoms with Crippen LogP contribution in [0.2, 0.25) is 0 Å². The Balaban J connectivity index is 1.29. The van der Waals surface area contributed by atoms with E-state index in [-0.39, 0.29) is 17.5 Å². The molecular formula is C28H33N3O3. The molecule has 3 unspecified atom stereocenters. The van der Waals surface area contributed by atoms with Gasteiger partial charge in [0.25, 0.3) is 0 Å². The number of ether oxygens (including phenoxy) is 2. The van der Waals surface area contributed by atoms with Crippen LogP contribution in [0.25, 0.3) is 10.8 Å². The lowest BCUT2D eigenvalue weighted by molar-refractivity contribution is 0.156. The number of urea groups is 1. The van der Waals surface area contributed by atoms with Crippen LogP contribution in [0.15, 0.2) is 60.7 Å². The number of methoxy groups -OCH3 is 2. The highest BCUT2D eigenvalue weighted by molar-refractivity contribution is 5.93. The van der Waals surface area contributed by atoms with E-state index in [4.69, 9.17) is 9.47 Å². The van der Waals surface area contributed by atoms with Crippen molar-refractivity contribution < 1.29 is 14.3 Å². The van der Waals surface area contributed by atoms with Crippen molar-refractivity contribution in [3.8, 4) is 11.5 Å². The van der Waals surface area contributed by atoms with Crippen molar-refractivity contribution in [2.75, 3.05) is 33.1 Å². The minimum Gasteiger partial charge on any atom is -0.493 e. The highest BCUT2D eigenvalue weighted by Gasteiger charge is 2.50. The number of hydrogen-bond acceptors (Lipinski definition) is 4. The Bertz CT molecular complexity index is 1200. The van der Waals surface area contributed by atoms with Crippen LogP contribution in [0, 0.1) is 0 Å². The quantitative estimate of drug-likeness (QED) is 0.552. The molecule has 2 fully saturated rings.